The molecular weight excluding hydrogens is 270 g/mol. The molecule has 2 aromatic carbocycles. The Kier molecular flexibility index (Phi) is 4.51. The molecule has 0 heterocycles. The summed E-state index contributed by atoms with van der Waals surface area (Å²) in [6.07, 6.45) is 0. The summed E-state index contributed by atoms with van der Waals surface area (Å²) in [4.78, 5) is 3.17. The number of halogens is 5. The standard InChI is InChI=1S/C10H6ClN2.BF4/c11-9-6-5-7-3-1-2-4-8(7)10(9)13-12;2-1(3,4)5/h1-6H;/q+1;-1. The molecule has 2 nitrogen and oxygen atoms in total. The topological polar surface area (TPSA) is 28.1 Å². The van der Waals surface area contributed by atoms with Crippen LogP contribution in [0.4, 0.5) is 23.0 Å². The van der Waals surface area contributed by atoms with Crippen LogP contribution >= 0.6 is 11.6 Å². The molecule has 0 saturated carbocycles. The molecule has 18 heavy (non-hydrogen) atoms. The SMILES string of the molecule is F[B-](F)(F)F.N#[N+]c1c(Cl)ccc2ccccc12. The zero-order valence-corrected chi connectivity index (χ0v) is 9.58. The van der Waals surface area contributed by atoms with Gasteiger partial charge in [0.1, 0.15) is 5.02 Å². The second kappa shape index (κ2) is 5.69. The number of diazo groups is 1. The molecule has 94 valence electrons. The Balaban J connectivity index is 0.000000280. The Morgan fingerprint density at radius 3 is 2.11 bits per heavy atom. The lowest BCUT2D eigenvalue weighted by molar-refractivity contribution is 0.368. The smallest absolute Gasteiger partial charge is 0.418 e. The van der Waals surface area contributed by atoms with E-state index in [0.29, 0.717) is 10.7 Å². The van der Waals surface area contributed by atoms with Gasteiger partial charge < -0.3 is 17.3 Å². The minimum atomic E-state index is -6.00. The molecule has 0 N–H and O–H groups in total. The highest BCUT2D eigenvalue weighted by molar-refractivity contribution is 6.50. The van der Waals surface area contributed by atoms with Gasteiger partial charge in [-0.1, -0.05) is 35.9 Å². The highest BCUT2D eigenvalue weighted by Crippen LogP contribution is 2.33. The normalized spacial score (nSPS) is 10.4. The molecule has 0 atom stereocenters. The van der Waals surface area contributed by atoms with E-state index < -0.39 is 7.25 Å². The van der Waals surface area contributed by atoms with Crippen molar-refractivity contribution in [3.8, 4) is 0 Å². The quantitative estimate of drug-likeness (QED) is 0.365. The van der Waals surface area contributed by atoms with Crippen molar-refractivity contribution in [2.75, 3.05) is 0 Å². The molecule has 2 rings (SSSR count). The lowest BCUT2D eigenvalue weighted by Crippen LogP contribution is -2.02. The van der Waals surface area contributed by atoms with Crippen LogP contribution in [0, 0.1) is 5.39 Å². The molecule has 0 aromatic heterocycles. The molecule has 0 fully saturated rings. The van der Waals surface area contributed by atoms with Gasteiger partial charge in [-0.25, -0.2) is 0 Å². The van der Waals surface area contributed by atoms with E-state index in [2.05, 4.69) is 4.98 Å². The fourth-order valence-corrected chi connectivity index (χ4v) is 1.53. The Bertz CT molecular complexity index is 588. The van der Waals surface area contributed by atoms with Gasteiger partial charge in [0.15, 0.2) is 4.98 Å². The van der Waals surface area contributed by atoms with Gasteiger partial charge in [-0.05, 0) is 17.5 Å². The van der Waals surface area contributed by atoms with Gasteiger partial charge in [0.2, 0.25) is 5.39 Å². The van der Waals surface area contributed by atoms with Crippen LogP contribution in [0.2, 0.25) is 5.02 Å². The van der Waals surface area contributed by atoms with Gasteiger partial charge in [-0.3, -0.25) is 0 Å². The lowest BCUT2D eigenvalue weighted by atomic mass is 10.1. The van der Waals surface area contributed by atoms with Gasteiger partial charge in [-0.2, -0.15) is 0 Å². The molecule has 2 aromatic rings. The molecule has 0 spiro atoms. The molecule has 8 heteroatoms. The molecule has 0 saturated heterocycles. The summed E-state index contributed by atoms with van der Waals surface area (Å²) in [5.41, 5.74) is 0.430. The number of nitrogens with zero attached hydrogens (tertiary/aromatic N) is 2. The molecule has 0 amide bonds. The van der Waals surface area contributed by atoms with Crippen LogP contribution in [0.15, 0.2) is 36.4 Å². The van der Waals surface area contributed by atoms with Crippen molar-refractivity contribution in [2.45, 2.75) is 0 Å². The van der Waals surface area contributed by atoms with E-state index in [-0.39, 0.29) is 0 Å². The van der Waals surface area contributed by atoms with E-state index in [9.17, 15) is 17.3 Å². The molecular formula is C10H6BClF4N2. The number of rotatable bonds is 0. The third-order valence-corrected chi connectivity index (χ3v) is 2.26. The van der Waals surface area contributed by atoms with E-state index in [0.717, 1.165) is 10.8 Å². The molecule has 0 unspecified atom stereocenters. The number of benzene rings is 2. The second-order valence-corrected chi connectivity index (χ2v) is 3.62. The van der Waals surface area contributed by atoms with Crippen LogP contribution < -0.4 is 0 Å². The van der Waals surface area contributed by atoms with Crippen molar-refractivity contribution < 1.29 is 17.3 Å². The first-order valence-electron chi connectivity index (χ1n) is 4.72. The zero-order chi connectivity index (χ0) is 13.8. The summed E-state index contributed by atoms with van der Waals surface area (Å²) in [6, 6.07) is 11.2. The van der Waals surface area contributed by atoms with Gasteiger partial charge in [0.05, 0.1) is 5.39 Å². The van der Waals surface area contributed by atoms with E-state index >= 15 is 0 Å². The lowest BCUT2D eigenvalue weighted by Gasteiger charge is -1.94. The number of fused-ring (bicyclic) bond motifs is 1. The highest BCUT2D eigenvalue weighted by Gasteiger charge is 2.20. The molecule has 0 radical (unpaired) electrons. The Hall–Kier alpha value is -1.81. The fraction of sp³-hybridized carbons (Fsp3) is 0. The summed E-state index contributed by atoms with van der Waals surface area (Å²) < 4.78 is 39.0. The summed E-state index contributed by atoms with van der Waals surface area (Å²) in [5, 5.41) is 11.1. The van der Waals surface area contributed by atoms with Crippen LogP contribution in [-0.2, 0) is 0 Å². The van der Waals surface area contributed by atoms with E-state index in [4.69, 9.17) is 17.0 Å². The Morgan fingerprint density at radius 2 is 1.56 bits per heavy atom. The van der Waals surface area contributed by atoms with Gasteiger partial charge in [0.25, 0.3) is 0 Å². The van der Waals surface area contributed by atoms with Crippen LogP contribution in [0.25, 0.3) is 15.7 Å². The molecule has 0 aliphatic rings. The summed E-state index contributed by atoms with van der Waals surface area (Å²) in [7, 11) is -6.00. The Morgan fingerprint density at radius 1 is 1.00 bits per heavy atom. The first-order chi connectivity index (χ1) is 8.33. The first kappa shape index (κ1) is 14.3. The maximum atomic E-state index is 9.75. The highest BCUT2D eigenvalue weighted by atomic mass is 35.5. The largest absolute Gasteiger partial charge is 0.673 e. The van der Waals surface area contributed by atoms with E-state index in [1.165, 1.54) is 0 Å². The first-order valence-corrected chi connectivity index (χ1v) is 5.10. The predicted molar refractivity (Wildman–Crippen MR) is 63.9 cm³/mol. The molecule has 0 aliphatic carbocycles. The van der Waals surface area contributed by atoms with Crippen LogP contribution in [0.1, 0.15) is 0 Å². The number of hydrogen-bond donors (Lipinski definition) is 0. The predicted octanol–water partition coefficient (Wildman–Crippen LogP) is 5.28. The van der Waals surface area contributed by atoms with Gasteiger partial charge in [-0.15, -0.1) is 0 Å². The van der Waals surface area contributed by atoms with Crippen molar-refractivity contribution in [2.24, 2.45) is 0 Å². The maximum Gasteiger partial charge on any atom is 0.673 e. The van der Waals surface area contributed by atoms with Crippen LogP contribution in [0.3, 0.4) is 0 Å². The zero-order valence-electron chi connectivity index (χ0n) is 8.83. The summed E-state index contributed by atoms with van der Waals surface area (Å²) in [6.45, 7) is 0. The monoisotopic (exact) mass is 276 g/mol. The van der Waals surface area contributed by atoms with Gasteiger partial charge >= 0.3 is 12.9 Å². The van der Waals surface area contributed by atoms with Crippen molar-refractivity contribution in [1.82, 2.24) is 0 Å². The van der Waals surface area contributed by atoms with Crippen LogP contribution in [0.5, 0.6) is 0 Å². The average molecular weight is 276 g/mol. The van der Waals surface area contributed by atoms with Crippen molar-refractivity contribution >= 4 is 35.3 Å². The second-order valence-electron chi connectivity index (χ2n) is 3.21. The summed E-state index contributed by atoms with van der Waals surface area (Å²) in [5.74, 6) is 0. The number of hydrogen-bond acceptors (Lipinski definition) is 1. The summed E-state index contributed by atoms with van der Waals surface area (Å²) >= 11 is 5.85. The van der Waals surface area contributed by atoms with Crippen molar-refractivity contribution in [3.05, 3.63) is 46.4 Å². The van der Waals surface area contributed by atoms with Gasteiger partial charge in [0, 0.05) is 0 Å². The average Bonchev–Trinajstić information content (AvgIpc) is 2.27. The minimum Gasteiger partial charge on any atom is -0.418 e. The molecule has 0 aliphatic heterocycles. The Labute approximate surface area is 105 Å². The minimum absolute atomic E-state index is 0.430. The van der Waals surface area contributed by atoms with E-state index in [1.807, 2.05) is 30.3 Å². The third kappa shape index (κ3) is 4.22. The van der Waals surface area contributed by atoms with Crippen LogP contribution in [-0.4, -0.2) is 7.25 Å². The maximum absolute atomic E-state index is 9.75. The van der Waals surface area contributed by atoms with E-state index in [1.54, 1.807) is 6.07 Å². The van der Waals surface area contributed by atoms with Crippen molar-refractivity contribution in [1.29, 1.82) is 5.39 Å². The fourth-order valence-electron chi connectivity index (χ4n) is 1.33. The van der Waals surface area contributed by atoms with Crippen molar-refractivity contribution in [3.63, 3.8) is 0 Å². The third-order valence-electron chi connectivity index (χ3n) is 1.95. The molecule has 0 bridgehead atoms.